The Balaban J connectivity index is 1.74. The molecule has 0 bridgehead atoms. The highest BCUT2D eigenvalue weighted by Crippen LogP contribution is 2.33. The molecule has 0 fully saturated rings. The Labute approximate surface area is 122 Å². The lowest BCUT2D eigenvalue weighted by molar-refractivity contribution is 0.102. The predicted octanol–water partition coefficient (Wildman–Crippen LogP) is 3.81. The minimum atomic E-state index is -0.0919. The molecule has 1 unspecified atom stereocenters. The fourth-order valence-electron chi connectivity index (χ4n) is 2.66. The molecule has 0 aromatic carbocycles. The van der Waals surface area contributed by atoms with Crippen LogP contribution in [0.25, 0.3) is 0 Å². The second-order valence-electron chi connectivity index (χ2n) is 5.35. The van der Waals surface area contributed by atoms with Crippen molar-refractivity contribution in [3.05, 3.63) is 33.2 Å². The average molecular weight is 290 g/mol. The molecular formula is C15H18N2O2S. The van der Waals surface area contributed by atoms with E-state index >= 15 is 0 Å². The number of nitrogens with one attached hydrogen (secondary N) is 1. The first kappa shape index (κ1) is 13.4. The predicted molar refractivity (Wildman–Crippen MR) is 79.3 cm³/mol. The van der Waals surface area contributed by atoms with Gasteiger partial charge in [0.05, 0.1) is 4.88 Å². The van der Waals surface area contributed by atoms with Gasteiger partial charge in [0.15, 0.2) is 5.82 Å². The third kappa shape index (κ3) is 2.63. The minimum Gasteiger partial charge on any atom is -0.360 e. The van der Waals surface area contributed by atoms with Crippen molar-refractivity contribution >= 4 is 23.1 Å². The van der Waals surface area contributed by atoms with Crippen LogP contribution in [-0.4, -0.2) is 11.1 Å². The summed E-state index contributed by atoms with van der Waals surface area (Å²) in [6, 6.07) is 3.77. The van der Waals surface area contributed by atoms with Gasteiger partial charge < -0.3 is 9.84 Å². The third-order valence-corrected chi connectivity index (χ3v) is 5.09. The fraction of sp³-hybridized carbons (Fsp3) is 0.467. The summed E-state index contributed by atoms with van der Waals surface area (Å²) >= 11 is 1.61. The maximum atomic E-state index is 12.2. The Kier molecular flexibility index (Phi) is 3.61. The van der Waals surface area contributed by atoms with Crippen molar-refractivity contribution in [3.8, 4) is 0 Å². The topological polar surface area (TPSA) is 55.1 Å². The summed E-state index contributed by atoms with van der Waals surface area (Å²) in [6.45, 7) is 4.04. The monoisotopic (exact) mass is 290 g/mol. The van der Waals surface area contributed by atoms with Crippen LogP contribution in [0, 0.1) is 12.8 Å². The maximum absolute atomic E-state index is 12.2. The van der Waals surface area contributed by atoms with Crippen molar-refractivity contribution in [2.45, 2.75) is 39.5 Å². The molecule has 106 valence electrons. The van der Waals surface area contributed by atoms with E-state index in [-0.39, 0.29) is 5.91 Å². The first-order valence-corrected chi connectivity index (χ1v) is 7.83. The largest absolute Gasteiger partial charge is 0.360 e. The van der Waals surface area contributed by atoms with Crippen LogP contribution in [-0.2, 0) is 12.8 Å². The molecule has 1 aliphatic carbocycles. The van der Waals surface area contributed by atoms with Gasteiger partial charge in [-0.05, 0) is 43.7 Å². The van der Waals surface area contributed by atoms with E-state index in [0.29, 0.717) is 11.6 Å². The molecule has 5 heteroatoms. The highest BCUT2D eigenvalue weighted by atomic mass is 32.1. The number of hydrogen-bond acceptors (Lipinski definition) is 4. The van der Waals surface area contributed by atoms with E-state index in [1.165, 1.54) is 23.3 Å². The van der Waals surface area contributed by atoms with Gasteiger partial charge in [0.25, 0.3) is 5.91 Å². The van der Waals surface area contributed by atoms with E-state index in [4.69, 9.17) is 4.52 Å². The summed E-state index contributed by atoms with van der Waals surface area (Å²) in [5.41, 5.74) is 1.36. The number of thiophene rings is 1. The van der Waals surface area contributed by atoms with Crippen molar-refractivity contribution in [2.75, 3.05) is 5.32 Å². The summed E-state index contributed by atoms with van der Waals surface area (Å²) in [5.74, 6) is 1.85. The number of carbonyl (C=O) groups is 1. The Morgan fingerprint density at radius 1 is 1.55 bits per heavy atom. The molecule has 0 radical (unpaired) electrons. The summed E-state index contributed by atoms with van der Waals surface area (Å²) < 4.78 is 4.95. The van der Waals surface area contributed by atoms with Crippen molar-refractivity contribution in [3.63, 3.8) is 0 Å². The molecule has 2 heterocycles. The molecule has 1 atom stereocenters. The SMILES string of the molecule is CCC1CCc2sc(C(=O)Nc3cc(C)on3)cc2C1. The number of aromatic nitrogens is 1. The van der Waals surface area contributed by atoms with Crippen LogP contribution in [0.3, 0.4) is 0 Å². The molecule has 1 N–H and O–H groups in total. The first-order valence-electron chi connectivity index (χ1n) is 7.02. The molecular weight excluding hydrogens is 272 g/mol. The highest BCUT2D eigenvalue weighted by Gasteiger charge is 2.22. The van der Waals surface area contributed by atoms with Crippen LogP contribution >= 0.6 is 11.3 Å². The Hall–Kier alpha value is -1.62. The van der Waals surface area contributed by atoms with E-state index < -0.39 is 0 Å². The number of amides is 1. The van der Waals surface area contributed by atoms with E-state index in [1.807, 2.05) is 6.07 Å². The number of rotatable bonds is 3. The molecule has 2 aromatic heterocycles. The van der Waals surface area contributed by atoms with Crippen LogP contribution < -0.4 is 5.32 Å². The second kappa shape index (κ2) is 5.40. The van der Waals surface area contributed by atoms with Gasteiger partial charge in [-0.3, -0.25) is 4.79 Å². The standard InChI is InChI=1S/C15H18N2O2S/c1-3-10-4-5-12-11(7-10)8-13(20-12)15(18)16-14-6-9(2)19-17-14/h6,8,10H,3-5,7H2,1-2H3,(H,16,17,18). The third-order valence-electron chi connectivity index (χ3n) is 3.86. The number of anilines is 1. The number of carbonyl (C=O) groups excluding carboxylic acids is 1. The van der Waals surface area contributed by atoms with Gasteiger partial charge in [0, 0.05) is 10.9 Å². The molecule has 0 spiro atoms. The summed E-state index contributed by atoms with van der Waals surface area (Å²) in [6.07, 6.45) is 4.68. The van der Waals surface area contributed by atoms with E-state index in [2.05, 4.69) is 17.4 Å². The Morgan fingerprint density at radius 3 is 3.10 bits per heavy atom. The Bertz CT molecular complexity index is 630. The lowest BCUT2D eigenvalue weighted by Gasteiger charge is -2.19. The molecule has 2 aromatic rings. The zero-order valence-corrected chi connectivity index (χ0v) is 12.5. The van der Waals surface area contributed by atoms with Crippen molar-refractivity contribution < 1.29 is 9.32 Å². The molecule has 4 nitrogen and oxygen atoms in total. The average Bonchev–Trinajstić information content (AvgIpc) is 3.03. The zero-order valence-electron chi connectivity index (χ0n) is 11.7. The minimum absolute atomic E-state index is 0.0919. The van der Waals surface area contributed by atoms with Gasteiger partial charge in [-0.2, -0.15) is 0 Å². The van der Waals surface area contributed by atoms with Gasteiger partial charge >= 0.3 is 0 Å². The van der Waals surface area contributed by atoms with Gasteiger partial charge in [-0.1, -0.05) is 18.5 Å². The fourth-order valence-corrected chi connectivity index (χ4v) is 3.77. The van der Waals surface area contributed by atoms with Gasteiger partial charge in [0.1, 0.15) is 5.76 Å². The van der Waals surface area contributed by atoms with Crippen LogP contribution in [0.5, 0.6) is 0 Å². The van der Waals surface area contributed by atoms with E-state index in [0.717, 1.165) is 23.6 Å². The highest BCUT2D eigenvalue weighted by molar-refractivity contribution is 7.14. The number of aryl methyl sites for hydroxylation is 2. The molecule has 0 saturated heterocycles. The van der Waals surface area contributed by atoms with Crippen LogP contribution in [0.1, 0.15) is 45.6 Å². The number of fused-ring (bicyclic) bond motifs is 1. The maximum Gasteiger partial charge on any atom is 0.266 e. The van der Waals surface area contributed by atoms with Crippen LogP contribution in [0.4, 0.5) is 5.82 Å². The zero-order chi connectivity index (χ0) is 14.1. The summed E-state index contributed by atoms with van der Waals surface area (Å²) in [4.78, 5) is 14.4. The van der Waals surface area contributed by atoms with Gasteiger partial charge in [0.2, 0.25) is 0 Å². The van der Waals surface area contributed by atoms with Crippen LogP contribution in [0.2, 0.25) is 0 Å². The molecule has 1 amide bonds. The van der Waals surface area contributed by atoms with Gasteiger partial charge in [-0.25, -0.2) is 0 Å². The molecule has 0 saturated carbocycles. The molecule has 0 aliphatic heterocycles. The Morgan fingerprint density at radius 2 is 2.40 bits per heavy atom. The van der Waals surface area contributed by atoms with Crippen molar-refractivity contribution in [2.24, 2.45) is 5.92 Å². The molecule has 20 heavy (non-hydrogen) atoms. The summed E-state index contributed by atoms with van der Waals surface area (Å²) in [7, 11) is 0. The molecule has 1 aliphatic rings. The number of nitrogens with zero attached hydrogens (tertiary/aromatic N) is 1. The van der Waals surface area contributed by atoms with Gasteiger partial charge in [-0.15, -0.1) is 11.3 Å². The van der Waals surface area contributed by atoms with Crippen molar-refractivity contribution in [1.82, 2.24) is 5.16 Å². The summed E-state index contributed by atoms with van der Waals surface area (Å²) in [5, 5.41) is 6.57. The quantitative estimate of drug-likeness (QED) is 0.935. The smallest absolute Gasteiger partial charge is 0.266 e. The van der Waals surface area contributed by atoms with Crippen LogP contribution in [0.15, 0.2) is 16.7 Å². The second-order valence-corrected chi connectivity index (χ2v) is 6.49. The van der Waals surface area contributed by atoms with Crippen molar-refractivity contribution in [1.29, 1.82) is 0 Å². The van der Waals surface area contributed by atoms with E-state index in [1.54, 1.807) is 24.3 Å². The molecule has 3 rings (SSSR count). The first-order chi connectivity index (χ1) is 9.65. The lowest BCUT2D eigenvalue weighted by atomic mass is 9.87. The normalized spacial score (nSPS) is 17.8. The number of hydrogen-bond donors (Lipinski definition) is 1. The lowest BCUT2D eigenvalue weighted by Crippen LogP contribution is -2.11. The van der Waals surface area contributed by atoms with E-state index in [9.17, 15) is 4.79 Å².